The Balaban J connectivity index is 1.30. The Morgan fingerprint density at radius 1 is 0.968 bits per heavy atom. The van der Waals surface area contributed by atoms with Crippen LogP contribution in [0.4, 0.5) is 5.69 Å². The van der Waals surface area contributed by atoms with Gasteiger partial charge in [-0.15, -0.1) is 0 Å². The highest BCUT2D eigenvalue weighted by Crippen LogP contribution is 2.27. The van der Waals surface area contributed by atoms with Gasteiger partial charge in [-0.2, -0.15) is 0 Å². The van der Waals surface area contributed by atoms with Crippen LogP contribution in [0.3, 0.4) is 0 Å². The summed E-state index contributed by atoms with van der Waals surface area (Å²) in [5.41, 5.74) is 2.00. The summed E-state index contributed by atoms with van der Waals surface area (Å²) in [6.07, 6.45) is 3.90. The van der Waals surface area contributed by atoms with Gasteiger partial charge in [-0.1, -0.05) is 30.7 Å². The molecule has 6 nitrogen and oxygen atoms in total. The minimum atomic E-state index is -0.285. The zero-order valence-corrected chi connectivity index (χ0v) is 17.8. The van der Waals surface area contributed by atoms with Crippen LogP contribution in [-0.4, -0.2) is 31.0 Å². The van der Waals surface area contributed by atoms with Gasteiger partial charge in [0.15, 0.2) is 17.3 Å². The maximum Gasteiger partial charge on any atom is 0.291 e. The fraction of sp³-hybridized carbons (Fsp3) is 0.320. The second kappa shape index (κ2) is 10.2. The van der Waals surface area contributed by atoms with E-state index in [0.29, 0.717) is 17.3 Å². The van der Waals surface area contributed by atoms with Crippen molar-refractivity contribution >= 4 is 11.6 Å². The maximum atomic E-state index is 12.5. The number of amides is 1. The standard InChI is InChI=1S/C25H28N2O4/c1-29-22-7-3-4-8-23(22)30-18-21-13-14-24(31-21)25(28)26-20-11-9-19(10-12-20)17-27-15-5-2-6-16-27/h3-4,7-14H,2,5-6,15-18H2,1H3,(H,26,28). The minimum Gasteiger partial charge on any atom is -0.493 e. The van der Waals surface area contributed by atoms with Gasteiger partial charge in [0, 0.05) is 12.2 Å². The molecule has 1 aliphatic heterocycles. The summed E-state index contributed by atoms with van der Waals surface area (Å²) in [7, 11) is 1.59. The van der Waals surface area contributed by atoms with Gasteiger partial charge in [-0.05, 0) is 67.9 Å². The number of para-hydroxylation sites is 2. The van der Waals surface area contributed by atoms with E-state index in [0.717, 1.165) is 12.2 Å². The molecule has 0 aliphatic carbocycles. The average molecular weight is 421 g/mol. The molecule has 0 bridgehead atoms. The Morgan fingerprint density at radius 2 is 1.71 bits per heavy atom. The zero-order chi connectivity index (χ0) is 21.5. The van der Waals surface area contributed by atoms with Gasteiger partial charge in [0.25, 0.3) is 5.91 Å². The van der Waals surface area contributed by atoms with Crippen LogP contribution in [-0.2, 0) is 13.2 Å². The number of hydrogen-bond donors (Lipinski definition) is 1. The molecule has 1 aliphatic rings. The molecule has 0 atom stereocenters. The van der Waals surface area contributed by atoms with E-state index in [1.54, 1.807) is 19.2 Å². The summed E-state index contributed by atoms with van der Waals surface area (Å²) in [6, 6.07) is 18.8. The van der Waals surface area contributed by atoms with Gasteiger partial charge in [0.1, 0.15) is 12.4 Å². The number of rotatable bonds is 8. The number of carbonyl (C=O) groups is 1. The molecular weight excluding hydrogens is 392 g/mol. The molecule has 6 heteroatoms. The summed E-state index contributed by atoms with van der Waals surface area (Å²) in [4.78, 5) is 15.0. The summed E-state index contributed by atoms with van der Waals surface area (Å²) in [5.74, 6) is 1.80. The van der Waals surface area contributed by atoms with Crippen molar-refractivity contribution in [3.05, 3.63) is 77.7 Å². The van der Waals surface area contributed by atoms with Crippen LogP contribution >= 0.6 is 0 Å². The van der Waals surface area contributed by atoms with Crippen LogP contribution < -0.4 is 14.8 Å². The lowest BCUT2D eigenvalue weighted by Crippen LogP contribution is -2.29. The molecule has 1 N–H and O–H groups in total. The summed E-state index contributed by atoms with van der Waals surface area (Å²) >= 11 is 0. The molecule has 0 saturated carbocycles. The number of anilines is 1. The fourth-order valence-electron chi connectivity index (χ4n) is 3.73. The van der Waals surface area contributed by atoms with Gasteiger partial charge < -0.3 is 19.2 Å². The third-order valence-corrected chi connectivity index (χ3v) is 5.39. The predicted molar refractivity (Wildman–Crippen MR) is 120 cm³/mol. The number of piperidine rings is 1. The van der Waals surface area contributed by atoms with Crippen LogP contribution in [0, 0.1) is 0 Å². The second-order valence-electron chi connectivity index (χ2n) is 7.69. The lowest BCUT2D eigenvalue weighted by molar-refractivity contribution is 0.0992. The van der Waals surface area contributed by atoms with E-state index in [4.69, 9.17) is 13.9 Å². The second-order valence-corrected chi connectivity index (χ2v) is 7.69. The number of carbonyl (C=O) groups excluding carboxylic acids is 1. The minimum absolute atomic E-state index is 0.207. The molecule has 162 valence electrons. The first-order chi connectivity index (χ1) is 15.2. The molecule has 1 amide bonds. The summed E-state index contributed by atoms with van der Waals surface area (Å²) < 4.78 is 16.7. The van der Waals surface area contributed by atoms with Crippen LogP contribution in [0.5, 0.6) is 11.5 Å². The van der Waals surface area contributed by atoms with Gasteiger partial charge in [0.05, 0.1) is 7.11 Å². The van der Waals surface area contributed by atoms with Crippen LogP contribution in [0.1, 0.15) is 41.1 Å². The van der Waals surface area contributed by atoms with Crippen molar-refractivity contribution in [2.24, 2.45) is 0 Å². The Morgan fingerprint density at radius 3 is 2.45 bits per heavy atom. The van der Waals surface area contributed by atoms with Crippen molar-refractivity contribution in [3.8, 4) is 11.5 Å². The lowest BCUT2D eigenvalue weighted by Gasteiger charge is -2.26. The highest BCUT2D eigenvalue weighted by Gasteiger charge is 2.14. The van der Waals surface area contributed by atoms with Crippen molar-refractivity contribution in [1.82, 2.24) is 4.90 Å². The number of hydrogen-bond acceptors (Lipinski definition) is 5. The molecule has 1 saturated heterocycles. The van der Waals surface area contributed by atoms with E-state index < -0.39 is 0 Å². The van der Waals surface area contributed by atoms with Crippen LogP contribution in [0.25, 0.3) is 0 Å². The Hall–Kier alpha value is -3.25. The van der Waals surface area contributed by atoms with Gasteiger partial charge in [-0.25, -0.2) is 0 Å². The number of furan rings is 1. The average Bonchev–Trinajstić information content (AvgIpc) is 3.29. The smallest absolute Gasteiger partial charge is 0.291 e. The molecule has 0 spiro atoms. The van der Waals surface area contributed by atoms with E-state index in [1.165, 1.54) is 37.9 Å². The molecule has 2 heterocycles. The van der Waals surface area contributed by atoms with Crippen molar-refractivity contribution < 1.29 is 18.7 Å². The fourth-order valence-corrected chi connectivity index (χ4v) is 3.73. The lowest BCUT2D eigenvalue weighted by atomic mass is 10.1. The highest BCUT2D eigenvalue weighted by molar-refractivity contribution is 6.02. The Kier molecular flexibility index (Phi) is 6.89. The van der Waals surface area contributed by atoms with E-state index >= 15 is 0 Å². The Bertz CT molecular complexity index is 991. The molecule has 1 aromatic heterocycles. The van der Waals surface area contributed by atoms with E-state index in [-0.39, 0.29) is 18.3 Å². The third kappa shape index (κ3) is 5.67. The number of nitrogens with one attached hydrogen (secondary N) is 1. The molecular formula is C25H28N2O4. The van der Waals surface area contributed by atoms with Gasteiger partial charge >= 0.3 is 0 Å². The number of methoxy groups -OCH3 is 1. The first-order valence-electron chi connectivity index (χ1n) is 10.7. The number of benzene rings is 2. The largest absolute Gasteiger partial charge is 0.493 e. The number of likely N-dealkylation sites (tertiary alicyclic amines) is 1. The van der Waals surface area contributed by atoms with Crippen molar-refractivity contribution in [3.63, 3.8) is 0 Å². The third-order valence-electron chi connectivity index (χ3n) is 5.39. The molecule has 3 aromatic rings. The molecule has 31 heavy (non-hydrogen) atoms. The van der Waals surface area contributed by atoms with Gasteiger partial charge in [-0.3, -0.25) is 9.69 Å². The van der Waals surface area contributed by atoms with Crippen molar-refractivity contribution in [2.45, 2.75) is 32.4 Å². The topological polar surface area (TPSA) is 63.9 Å². The number of ether oxygens (including phenoxy) is 2. The van der Waals surface area contributed by atoms with Gasteiger partial charge in [0.2, 0.25) is 0 Å². The maximum absolute atomic E-state index is 12.5. The monoisotopic (exact) mass is 420 g/mol. The molecule has 0 radical (unpaired) electrons. The summed E-state index contributed by atoms with van der Waals surface area (Å²) in [5, 5.41) is 2.89. The summed E-state index contributed by atoms with van der Waals surface area (Å²) in [6.45, 7) is 3.50. The van der Waals surface area contributed by atoms with E-state index in [1.807, 2.05) is 36.4 Å². The zero-order valence-electron chi connectivity index (χ0n) is 17.8. The van der Waals surface area contributed by atoms with Crippen LogP contribution in [0.2, 0.25) is 0 Å². The molecule has 1 fully saturated rings. The van der Waals surface area contributed by atoms with Crippen molar-refractivity contribution in [1.29, 1.82) is 0 Å². The van der Waals surface area contributed by atoms with E-state index in [2.05, 4.69) is 22.3 Å². The normalized spacial score (nSPS) is 14.2. The van der Waals surface area contributed by atoms with E-state index in [9.17, 15) is 4.79 Å². The van der Waals surface area contributed by atoms with Crippen molar-refractivity contribution in [2.75, 3.05) is 25.5 Å². The highest BCUT2D eigenvalue weighted by atomic mass is 16.5. The van der Waals surface area contributed by atoms with Crippen LogP contribution in [0.15, 0.2) is 65.1 Å². The number of nitrogens with zero attached hydrogens (tertiary/aromatic N) is 1. The first-order valence-corrected chi connectivity index (χ1v) is 10.7. The molecule has 2 aromatic carbocycles. The quantitative estimate of drug-likeness (QED) is 0.549. The molecule has 0 unspecified atom stereocenters. The first kappa shape index (κ1) is 21.0. The predicted octanol–water partition coefficient (Wildman–Crippen LogP) is 5.11. The SMILES string of the molecule is COc1ccccc1OCc1ccc(C(=O)Nc2ccc(CN3CCCCC3)cc2)o1. The Labute approximate surface area is 182 Å². The molecule has 4 rings (SSSR count).